The maximum Gasteiger partial charge on any atom is 0.285 e. The Morgan fingerprint density at radius 3 is 2.85 bits per heavy atom. The Kier molecular flexibility index (Phi) is 7.43. The number of methoxy groups -OCH3 is 1. The Bertz CT molecular complexity index is 1230. The average molecular weight is 562 g/mol. The molecule has 2 aromatic heterocycles. The molecule has 1 aliphatic heterocycles. The Balaban J connectivity index is 1.52. The van der Waals surface area contributed by atoms with Gasteiger partial charge < -0.3 is 9.47 Å². The first-order valence-corrected chi connectivity index (χ1v) is 12.4. The van der Waals surface area contributed by atoms with E-state index >= 15 is 0 Å². The average Bonchev–Trinajstić information content (AvgIpc) is 3.44. The lowest BCUT2D eigenvalue weighted by atomic mass is 10.2. The number of thiocarbonyl (C=S) groups is 1. The van der Waals surface area contributed by atoms with E-state index in [0.717, 1.165) is 22.5 Å². The molecule has 0 saturated carbocycles. The van der Waals surface area contributed by atoms with Crippen molar-refractivity contribution in [2.75, 3.05) is 7.11 Å². The van der Waals surface area contributed by atoms with E-state index in [-0.39, 0.29) is 16.8 Å². The van der Waals surface area contributed by atoms with Crippen molar-refractivity contribution in [2.45, 2.75) is 6.61 Å². The molecule has 1 saturated heterocycles. The number of hydrogen-bond acceptors (Lipinski definition) is 8. The second-order valence-corrected chi connectivity index (χ2v) is 10.1. The van der Waals surface area contributed by atoms with E-state index in [1.54, 1.807) is 43.0 Å². The number of rotatable bonds is 7. The largest absolute Gasteiger partial charge is 0.493 e. The lowest BCUT2D eigenvalue weighted by molar-refractivity contribution is -0.123. The van der Waals surface area contributed by atoms with Crippen LogP contribution in [0.4, 0.5) is 0 Å². The van der Waals surface area contributed by atoms with Gasteiger partial charge in [-0.25, -0.2) is 0 Å². The lowest BCUT2D eigenvalue weighted by Crippen LogP contribution is -2.44. The molecule has 1 fully saturated rings. The number of carbonyl (C=O) groups is 2. The number of aromatic nitrogens is 1. The Hall–Kier alpha value is -2.73. The number of hydrazine groups is 1. The van der Waals surface area contributed by atoms with Crippen molar-refractivity contribution < 1.29 is 19.1 Å². The van der Waals surface area contributed by atoms with Crippen molar-refractivity contribution in [1.82, 2.24) is 15.4 Å². The fraction of sp³-hybridized carbons (Fsp3) is 0.0909. The Morgan fingerprint density at radius 1 is 1.30 bits per heavy atom. The second-order valence-electron chi connectivity index (χ2n) is 6.58. The quantitative estimate of drug-likeness (QED) is 0.319. The zero-order valence-corrected chi connectivity index (χ0v) is 21.1. The number of nitrogens with one attached hydrogen (secondary N) is 1. The van der Waals surface area contributed by atoms with Gasteiger partial charge in [0.15, 0.2) is 15.8 Å². The van der Waals surface area contributed by atoms with E-state index in [0.29, 0.717) is 31.3 Å². The molecule has 4 rings (SSSR count). The molecule has 0 spiro atoms. The highest BCUT2D eigenvalue weighted by atomic mass is 79.9. The zero-order valence-electron chi connectivity index (χ0n) is 17.1. The van der Waals surface area contributed by atoms with Crippen LogP contribution in [0.2, 0.25) is 0 Å². The Morgan fingerprint density at radius 2 is 2.15 bits per heavy atom. The number of hydrogen-bond donors (Lipinski definition) is 1. The number of pyridine rings is 1. The molecule has 3 heterocycles. The maximum atomic E-state index is 12.9. The lowest BCUT2D eigenvalue weighted by Gasteiger charge is -2.15. The van der Waals surface area contributed by atoms with Gasteiger partial charge in [0.05, 0.1) is 27.1 Å². The van der Waals surface area contributed by atoms with Crippen molar-refractivity contribution in [3.8, 4) is 11.5 Å². The molecule has 33 heavy (non-hydrogen) atoms. The van der Waals surface area contributed by atoms with E-state index in [2.05, 4.69) is 26.3 Å². The van der Waals surface area contributed by atoms with Gasteiger partial charge in [-0.05, 0) is 75.5 Å². The molecule has 1 N–H and O–H groups in total. The molecular formula is C22H16BrN3O4S3. The van der Waals surface area contributed by atoms with Crippen molar-refractivity contribution in [2.24, 2.45) is 0 Å². The number of thiophene rings is 1. The number of amides is 2. The summed E-state index contributed by atoms with van der Waals surface area (Å²) in [6, 6.07) is 12.6. The van der Waals surface area contributed by atoms with Crippen LogP contribution in [-0.4, -0.2) is 33.2 Å². The third kappa shape index (κ3) is 5.44. The minimum atomic E-state index is -0.402. The second kappa shape index (κ2) is 10.5. The van der Waals surface area contributed by atoms with Gasteiger partial charge >= 0.3 is 0 Å². The van der Waals surface area contributed by atoms with Gasteiger partial charge in [-0.2, -0.15) is 5.01 Å². The number of ether oxygens (including phenoxy) is 2. The third-order valence-electron chi connectivity index (χ3n) is 4.39. The van der Waals surface area contributed by atoms with Gasteiger partial charge in [0, 0.05) is 6.20 Å². The number of thioether (sulfide) groups is 1. The molecule has 1 aliphatic rings. The number of halogens is 1. The van der Waals surface area contributed by atoms with Crippen LogP contribution in [0, 0.1) is 0 Å². The first-order valence-electron chi connectivity index (χ1n) is 9.49. The van der Waals surface area contributed by atoms with Gasteiger partial charge in [-0.3, -0.25) is 20.0 Å². The van der Waals surface area contributed by atoms with E-state index in [4.69, 9.17) is 21.7 Å². The van der Waals surface area contributed by atoms with Crippen LogP contribution in [0.3, 0.4) is 0 Å². The summed E-state index contributed by atoms with van der Waals surface area (Å²) in [5, 5.41) is 2.87. The van der Waals surface area contributed by atoms with E-state index < -0.39 is 5.91 Å². The van der Waals surface area contributed by atoms with Crippen molar-refractivity contribution >= 4 is 73.5 Å². The highest BCUT2D eigenvalue weighted by Crippen LogP contribution is 2.39. The SMILES string of the molecule is COc1cc(/C=C2/SC(=S)N(NC(=O)c3cccs3)C2=O)cc(Br)c1OCc1ccccn1. The summed E-state index contributed by atoms with van der Waals surface area (Å²) in [7, 11) is 1.54. The van der Waals surface area contributed by atoms with Gasteiger partial charge in [-0.15, -0.1) is 11.3 Å². The van der Waals surface area contributed by atoms with E-state index in [1.807, 2.05) is 24.3 Å². The van der Waals surface area contributed by atoms with E-state index in [9.17, 15) is 9.59 Å². The highest BCUT2D eigenvalue weighted by Gasteiger charge is 2.34. The van der Waals surface area contributed by atoms with Crippen LogP contribution in [0.25, 0.3) is 6.08 Å². The molecule has 7 nitrogen and oxygen atoms in total. The fourth-order valence-corrected chi connectivity index (χ4v) is 5.24. The molecule has 3 aromatic rings. The van der Waals surface area contributed by atoms with Gasteiger partial charge in [0.2, 0.25) is 0 Å². The monoisotopic (exact) mass is 561 g/mol. The van der Waals surface area contributed by atoms with Crippen LogP contribution in [-0.2, 0) is 11.4 Å². The van der Waals surface area contributed by atoms with Crippen LogP contribution in [0.1, 0.15) is 20.9 Å². The molecule has 2 amide bonds. The van der Waals surface area contributed by atoms with Crippen LogP contribution in [0.5, 0.6) is 11.5 Å². The van der Waals surface area contributed by atoms with Crippen molar-refractivity contribution in [3.05, 3.63) is 79.6 Å². The Labute approximate surface area is 211 Å². The summed E-state index contributed by atoms with van der Waals surface area (Å²) < 4.78 is 12.3. The number of carbonyl (C=O) groups excluding carboxylic acids is 2. The smallest absolute Gasteiger partial charge is 0.285 e. The standard InChI is InChI=1S/C22H16BrN3O4S3/c1-29-16-10-13(9-15(23)19(16)30-12-14-5-2-3-7-24-14)11-18-21(28)26(22(31)33-18)25-20(27)17-6-4-8-32-17/h2-11H,12H2,1H3,(H,25,27)/b18-11+. The van der Waals surface area contributed by atoms with E-state index in [1.165, 1.54) is 11.3 Å². The molecular weight excluding hydrogens is 546 g/mol. The number of benzene rings is 1. The molecule has 11 heteroatoms. The summed E-state index contributed by atoms with van der Waals surface area (Å²) in [5.41, 5.74) is 4.05. The molecule has 1 aromatic carbocycles. The van der Waals surface area contributed by atoms with Crippen LogP contribution in [0.15, 0.2) is 63.4 Å². The first-order chi connectivity index (χ1) is 16.0. The third-order valence-corrected chi connectivity index (χ3v) is 7.15. The first kappa shape index (κ1) is 23.4. The topological polar surface area (TPSA) is 80.8 Å². The van der Waals surface area contributed by atoms with Crippen LogP contribution >= 0.6 is 51.2 Å². The van der Waals surface area contributed by atoms with Crippen molar-refractivity contribution in [1.29, 1.82) is 0 Å². The fourth-order valence-electron chi connectivity index (χ4n) is 2.87. The molecule has 0 radical (unpaired) electrons. The van der Waals surface area contributed by atoms with Crippen molar-refractivity contribution in [3.63, 3.8) is 0 Å². The summed E-state index contributed by atoms with van der Waals surface area (Å²) in [6.07, 6.45) is 3.39. The minimum absolute atomic E-state index is 0.248. The van der Waals surface area contributed by atoms with Gasteiger partial charge in [0.1, 0.15) is 6.61 Å². The highest BCUT2D eigenvalue weighted by molar-refractivity contribution is 9.10. The zero-order chi connectivity index (χ0) is 23.4. The molecule has 0 bridgehead atoms. The predicted octanol–water partition coefficient (Wildman–Crippen LogP) is 5.04. The summed E-state index contributed by atoms with van der Waals surface area (Å²) in [5.74, 6) is 0.228. The number of nitrogens with zero attached hydrogens (tertiary/aromatic N) is 2. The predicted molar refractivity (Wildman–Crippen MR) is 136 cm³/mol. The summed E-state index contributed by atoms with van der Waals surface area (Å²) in [6.45, 7) is 0.276. The molecule has 0 aliphatic carbocycles. The molecule has 0 unspecified atom stereocenters. The minimum Gasteiger partial charge on any atom is -0.493 e. The summed E-state index contributed by atoms with van der Waals surface area (Å²) in [4.78, 5) is 30.3. The maximum absolute atomic E-state index is 12.9. The van der Waals surface area contributed by atoms with Gasteiger partial charge in [0.25, 0.3) is 11.8 Å². The van der Waals surface area contributed by atoms with Gasteiger partial charge in [-0.1, -0.05) is 23.9 Å². The molecule has 0 atom stereocenters. The van der Waals surface area contributed by atoms with Crippen LogP contribution < -0.4 is 14.9 Å². The normalized spacial score (nSPS) is 14.6. The molecule has 168 valence electrons. The summed E-state index contributed by atoms with van der Waals surface area (Å²) >= 11 is 11.2.